The van der Waals surface area contributed by atoms with Gasteiger partial charge in [0, 0.05) is 5.57 Å². The van der Waals surface area contributed by atoms with Gasteiger partial charge in [-0.25, -0.2) is 4.79 Å². The maximum absolute atomic E-state index is 11.0. The third kappa shape index (κ3) is 12.6. The minimum Gasteiger partial charge on any atom is -0.480 e. The van der Waals surface area contributed by atoms with Crippen LogP contribution < -0.4 is 5.73 Å². The fraction of sp³-hybridized carbons (Fsp3) is 0.636. The Balaban J connectivity index is 0. The molecule has 16 heavy (non-hydrogen) atoms. The van der Waals surface area contributed by atoms with E-state index < -0.39 is 5.97 Å². The van der Waals surface area contributed by atoms with E-state index in [1.807, 2.05) is 20.8 Å². The topological polar surface area (TPSA) is 89.6 Å². The number of carboxylic acid groups (broad SMARTS) is 1. The monoisotopic (exact) mass is 231 g/mol. The minimum atomic E-state index is -0.968. The largest absolute Gasteiger partial charge is 0.480 e. The van der Waals surface area contributed by atoms with Gasteiger partial charge in [0.1, 0.15) is 0 Å². The van der Waals surface area contributed by atoms with Crippen molar-refractivity contribution in [3.05, 3.63) is 11.6 Å². The number of carboxylic acids is 1. The number of aliphatic carboxylic acids is 1. The van der Waals surface area contributed by atoms with Crippen LogP contribution >= 0.6 is 0 Å². The molecule has 0 spiro atoms. The Hall–Kier alpha value is -1.36. The summed E-state index contributed by atoms with van der Waals surface area (Å²) in [6.45, 7) is 7.83. The Bertz CT molecular complexity index is 246. The predicted octanol–water partition coefficient (Wildman–Crippen LogP) is 1.18. The Morgan fingerprint density at radius 2 is 1.88 bits per heavy atom. The van der Waals surface area contributed by atoms with Crippen molar-refractivity contribution in [3.63, 3.8) is 0 Å². The molecular weight excluding hydrogens is 210 g/mol. The molecule has 0 aromatic carbocycles. The van der Waals surface area contributed by atoms with E-state index in [2.05, 4.69) is 5.73 Å². The van der Waals surface area contributed by atoms with Crippen molar-refractivity contribution in [1.82, 2.24) is 0 Å². The molecule has 0 aromatic heterocycles. The fourth-order valence-electron chi connectivity index (χ4n) is 0.474. The number of hydrogen-bond donors (Lipinski definition) is 2. The highest BCUT2D eigenvalue weighted by Gasteiger charge is 2.04. The number of carbonyl (C=O) groups is 2. The van der Waals surface area contributed by atoms with Crippen molar-refractivity contribution in [3.8, 4) is 0 Å². The maximum atomic E-state index is 11.0. The van der Waals surface area contributed by atoms with Gasteiger partial charge >= 0.3 is 11.9 Å². The number of ether oxygens (including phenoxy) is 1. The van der Waals surface area contributed by atoms with E-state index in [0.29, 0.717) is 18.1 Å². The molecule has 0 saturated heterocycles. The first kappa shape index (κ1) is 17.0. The third-order valence-electron chi connectivity index (χ3n) is 1.48. The zero-order valence-electron chi connectivity index (χ0n) is 10.3. The first-order valence-corrected chi connectivity index (χ1v) is 5.07. The molecule has 0 aliphatic rings. The zero-order chi connectivity index (χ0) is 13.1. The van der Waals surface area contributed by atoms with Gasteiger partial charge in [-0.3, -0.25) is 4.79 Å². The molecule has 5 nitrogen and oxygen atoms in total. The number of rotatable bonds is 4. The molecule has 0 aliphatic heterocycles. The van der Waals surface area contributed by atoms with Crippen molar-refractivity contribution in [2.75, 3.05) is 13.2 Å². The average molecular weight is 231 g/mol. The first-order valence-electron chi connectivity index (χ1n) is 5.07. The number of carbonyl (C=O) groups excluding carboxylic acids is 1. The summed E-state index contributed by atoms with van der Waals surface area (Å²) < 4.78 is 4.95. The second kappa shape index (κ2) is 10.2. The molecule has 0 bridgehead atoms. The molecule has 5 heteroatoms. The van der Waals surface area contributed by atoms with Crippen molar-refractivity contribution >= 4 is 11.9 Å². The lowest BCUT2D eigenvalue weighted by Gasteiger charge is -2.06. The van der Waals surface area contributed by atoms with E-state index in [0.717, 1.165) is 0 Å². The lowest BCUT2D eigenvalue weighted by atomic mass is 10.2. The van der Waals surface area contributed by atoms with Crippen LogP contribution in [0.4, 0.5) is 0 Å². The molecule has 0 rings (SSSR count). The van der Waals surface area contributed by atoms with Gasteiger partial charge in [0.05, 0.1) is 13.2 Å². The van der Waals surface area contributed by atoms with Gasteiger partial charge in [0.25, 0.3) is 0 Å². The number of hydrogen-bond acceptors (Lipinski definition) is 4. The standard InChI is InChI=1S/C9H16O2.C2H5NO2/c1-5-8(4)9(10)11-6-7(2)3;3-1-2(4)5/h5,7H,6H2,1-4H3;1,3H2,(H,4,5)/b8-5-;. The quantitative estimate of drug-likeness (QED) is 0.560. The number of nitrogens with two attached hydrogens (primary N) is 1. The summed E-state index contributed by atoms with van der Waals surface area (Å²) in [7, 11) is 0. The van der Waals surface area contributed by atoms with Gasteiger partial charge in [-0.1, -0.05) is 19.9 Å². The smallest absolute Gasteiger partial charge is 0.333 e. The van der Waals surface area contributed by atoms with E-state index in [1.54, 1.807) is 13.0 Å². The SMILES string of the molecule is C/C=C(/C)C(=O)OCC(C)C.NCC(=O)O. The highest BCUT2D eigenvalue weighted by Crippen LogP contribution is 1.99. The van der Waals surface area contributed by atoms with E-state index in [1.165, 1.54) is 0 Å². The average Bonchev–Trinajstić information content (AvgIpc) is 2.25. The Labute approximate surface area is 96.3 Å². The van der Waals surface area contributed by atoms with Crippen molar-refractivity contribution in [2.45, 2.75) is 27.7 Å². The molecule has 0 atom stereocenters. The van der Waals surface area contributed by atoms with Crippen LogP contribution in [0.15, 0.2) is 11.6 Å². The molecule has 0 amide bonds. The molecule has 0 heterocycles. The van der Waals surface area contributed by atoms with Crippen LogP contribution in [-0.4, -0.2) is 30.2 Å². The molecule has 0 aromatic rings. The van der Waals surface area contributed by atoms with E-state index >= 15 is 0 Å². The fourth-order valence-corrected chi connectivity index (χ4v) is 0.474. The van der Waals surface area contributed by atoms with Crippen LogP contribution in [0.25, 0.3) is 0 Å². The summed E-state index contributed by atoms with van der Waals surface area (Å²) in [4.78, 5) is 20.2. The first-order chi connectivity index (χ1) is 7.34. The van der Waals surface area contributed by atoms with Crippen LogP contribution in [-0.2, 0) is 14.3 Å². The van der Waals surface area contributed by atoms with Crippen LogP contribution in [0.5, 0.6) is 0 Å². The predicted molar refractivity (Wildman–Crippen MR) is 61.9 cm³/mol. The second-order valence-electron chi connectivity index (χ2n) is 3.56. The summed E-state index contributed by atoms with van der Waals surface area (Å²) in [5.74, 6) is -0.769. The molecule has 0 radical (unpaired) electrons. The molecule has 0 unspecified atom stereocenters. The molecule has 3 N–H and O–H groups in total. The lowest BCUT2D eigenvalue weighted by molar-refractivity contribution is -0.140. The Morgan fingerprint density at radius 3 is 2.12 bits per heavy atom. The normalized spacial score (nSPS) is 10.5. The minimum absolute atomic E-state index is 0.207. The summed E-state index contributed by atoms with van der Waals surface area (Å²) in [6.07, 6.45) is 1.75. The van der Waals surface area contributed by atoms with Gasteiger partial charge in [0.15, 0.2) is 0 Å². The van der Waals surface area contributed by atoms with Crippen LogP contribution in [0.3, 0.4) is 0 Å². The number of esters is 1. The van der Waals surface area contributed by atoms with Crippen LogP contribution in [0.2, 0.25) is 0 Å². The lowest BCUT2D eigenvalue weighted by Crippen LogP contribution is -2.10. The van der Waals surface area contributed by atoms with Crippen molar-refractivity contribution in [2.24, 2.45) is 11.7 Å². The second-order valence-corrected chi connectivity index (χ2v) is 3.56. The third-order valence-corrected chi connectivity index (χ3v) is 1.48. The summed E-state index contributed by atoms with van der Waals surface area (Å²) in [5.41, 5.74) is 5.24. The molecule has 0 fully saturated rings. The van der Waals surface area contributed by atoms with E-state index in [4.69, 9.17) is 9.84 Å². The highest BCUT2D eigenvalue weighted by molar-refractivity contribution is 5.87. The Kier molecular flexibility index (Phi) is 10.8. The van der Waals surface area contributed by atoms with E-state index in [-0.39, 0.29) is 12.5 Å². The summed E-state index contributed by atoms with van der Waals surface area (Å²) >= 11 is 0. The van der Waals surface area contributed by atoms with Gasteiger partial charge in [-0.05, 0) is 19.8 Å². The summed E-state index contributed by atoms with van der Waals surface area (Å²) in [5, 5.41) is 7.60. The Morgan fingerprint density at radius 1 is 1.44 bits per heavy atom. The van der Waals surface area contributed by atoms with Gasteiger partial charge in [-0.2, -0.15) is 0 Å². The number of allylic oxidation sites excluding steroid dienone is 1. The molecule has 0 saturated carbocycles. The maximum Gasteiger partial charge on any atom is 0.333 e. The van der Waals surface area contributed by atoms with Gasteiger partial charge < -0.3 is 15.6 Å². The summed E-state index contributed by atoms with van der Waals surface area (Å²) in [6, 6.07) is 0. The van der Waals surface area contributed by atoms with Crippen molar-refractivity contribution in [1.29, 1.82) is 0 Å². The van der Waals surface area contributed by atoms with Crippen molar-refractivity contribution < 1.29 is 19.4 Å². The molecule has 0 aliphatic carbocycles. The van der Waals surface area contributed by atoms with Crippen LogP contribution in [0, 0.1) is 5.92 Å². The van der Waals surface area contributed by atoms with Gasteiger partial charge in [0.2, 0.25) is 0 Å². The van der Waals surface area contributed by atoms with Crippen LogP contribution in [0.1, 0.15) is 27.7 Å². The van der Waals surface area contributed by atoms with Gasteiger partial charge in [-0.15, -0.1) is 0 Å². The molecule has 94 valence electrons. The molecular formula is C11H21NO4. The zero-order valence-corrected chi connectivity index (χ0v) is 10.3. The van der Waals surface area contributed by atoms with E-state index in [9.17, 15) is 9.59 Å². The highest BCUT2D eigenvalue weighted by atomic mass is 16.5.